The highest BCUT2D eigenvalue weighted by molar-refractivity contribution is 5.80. The Morgan fingerprint density at radius 3 is 2.58 bits per heavy atom. The van der Waals surface area contributed by atoms with Crippen LogP contribution in [0.25, 0.3) is 0 Å². The van der Waals surface area contributed by atoms with Gasteiger partial charge in [0.05, 0.1) is 6.10 Å². The van der Waals surface area contributed by atoms with E-state index >= 15 is 0 Å². The monoisotopic (exact) mass is 170 g/mol. The fraction of sp³-hybridized carbons (Fsp3) is 0.700. The molecule has 0 N–H and O–H groups in total. The summed E-state index contributed by atoms with van der Waals surface area (Å²) >= 11 is 0. The number of hydrogen-bond donors (Lipinski definition) is 0. The lowest BCUT2D eigenvalue weighted by molar-refractivity contribution is -0.119. The molecule has 0 amide bonds. The van der Waals surface area contributed by atoms with Crippen molar-refractivity contribution in [1.82, 2.24) is 0 Å². The fourth-order valence-corrected chi connectivity index (χ4v) is 0.907. The first kappa shape index (κ1) is 11.4. The second-order valence-electron chi connectivity index (χ2n) is 3.26. The SMILES string of the molecule is C=C(C)CC(=O)CCC(C)OC. The quantitative estimate of drug-likeness (QED) is 0.572. The zero-order chi connectivity index (χ0) is 9.56. The van der Waals surface area contributed by atoms with Gasteiger partial charge in [-0.25, -0.2) is 0 Å². The molecule has 0 rings (SSSR count). The maximum Gasteiger partial charge on any atom is 0.137 e. The molecule has 0 aliphatic rings. The molecule has 0 saturated heterocycles. The number of Topliss-reactive ketones (excluding diaryl/α,β-unsaturated/α-hetero) is 1. The molecule has 0 heterocycles. The molecular weight excluding hydrogens is 152 g/mol. The molecule has 0 aliphatic carbocycles. The van der Waals surface area contributed by atoms with E-state index in [2.05, 4.69) is 6.58 Å². The minimum absolute atomic E-state index is 0.180. The third-order valence-electron chi connectivity index (χ3n) is 1.73. The van der Waals surface area contributed by atoms with E-state index < -0.39 is 0 Å². The van der Waals surface area contributed by atoms with Gasteiger partial charge in [0.2, 0.25) is 0 Å². The Kier molecular flexibility index (Phi) is 5.64. The summed E-state index contributed by atoms with van der Waals surface area (Å²) < 4.78 is 5.03. The summed E-state index contributed by atoms with van der Waals surface area (Å²) in [5.74, 6) is 0.256. The molecule has 0 bridgehead atoms. The predicted molar refractivity (Wildman–Crippen MR) is 50.1 cm³/mol. The molecule has 1 atom stereocenters. The highest BCUT2D eigenvalue weighted by Crippen LogP contribution is 2.05. The molecule has 0 aliphatic heterocycles. The van der Waals surface area contributed by atoms with Crippen molar-refractivity contribution in [2.24, 2.45) is 0 Å². The maximum absolute atomic E-state index is 11.2. The molecule has 0 aromatic heterocycles. The Morgan fingerprint density at radius 1 is 1.58 bits per heavy atom. The first-order valence-corrected chi connectivity index (χ1v) is 4.25. The normalized spacial score (nSPS) is 12.6. The topological polar surface area (TPSA) is 26.3 Å². The fourth-order valence-electron chi connectivity index (χ4n) is 0.907. The van der Waals surface area contributed by atoms with Crippen LogP contribution in [0.2, 0.25) is 0 Å². The van der Waals surface area contributed by atoms with E-state index in [0.29, 0.717) is 12.8 Å². The molecule has 12 heavy (non-hydrogen) atoms. The van der Waals surface area contributed by atoms with Gasteiger partial charge in [-0.3, -0.25) is 4.79 Å². The van der Waals surface area contributed by atoms with Gasteiger partial charge >= 0.3 is 0 Å². The average molecular weight is 170 g/mol. The summed E-state index contributed by atoms with van der Waals surface area (Å²) in [4.78, 5) is 11.2. The highest BCUT2D eigenvalue weighted by atomic mass is 16.5. The smallest absolute Gasteiger partial charge is 0.137 e. The molecule has 1 unspecified atom stereocenters. The molecule has 0 saturated carbocycles. The standard InChI is InChI=1S/C10H18O2/c1-8(2)7-10(11)6-5-9(3)12-4/h9H,1,5-7H2,2-4H3. The van der Waals surface area contributed by atoms with Gasteiger partial charge in [0, 0.05) is 20.0 Å². The number of rotatable bonds is 6. The van der Waals surface area contributed by atoms with Crippen LogP contribution >= 0.6 is 0 Å². The van der Waals surface area contributed by atoms with Gasteiger partial charge in [0.25, 0.3) is 0 Å². The predicted octanol–water partition coefficient (Wildman–Crippen LogP) is 2.34. The Morgan fingerprint density at radius 2 is 2.17 bits per heavy atom. The van der Waals surface area contributed by atoms with E-state index in [9.17, 15) is 4.79 Å². The van der Waals surface area contributed by atoms with Gasteiger partial charge in [-0.05, 0) is 20.3 Å². The van der Waals surface area contributed by atoms with Crippen molar-refractivity contribution in [3.05, 3.63) is 12.2 Å². The van der Waals surface area contributed by atoms with Gasteiger partial charge in [-0.15, -0.1) is 0 Å². The van der Waals surface area contributed by atoms with Crippen molar-refractivity contribution < 1.29 is 9.53 Å². The Hall–Kier alpha value is -0.630. The zero-order valence-corrected chi connectivity index (χ0v) is 8.22. The second kappa shape index (κ2) is 5.95. The molecule has 0 radical (unpaired) electrons. The summed E-state index contributed by atoms with van der Waals surface area (Å²) in [5, 5.41) is 0. The molecule has 0 aromatic carbocycles. The van der Waals surface area contributed by atoms with Crippen molar-refractivity contribution >= 4 is 5.78 Å². The van der Waals surface area contributed by atoms with Crippen LogP contribution in [-0.4, -0.2) is 19.0 Å². The van der Waals surface area contributed by atoms with E-state index in [-0.39, 0.29) is 11.9 Å². The van der Waals surface area contributed by atoms with Crippen LogP contribution in [0.5, 0.6) is 0 Å². The summed E-state index contributed by atoms with van der Waals surface area (Å²) in [6.07, 6.45) is 2.10. The average Bonchev–Trinajstić information content (AvgIpc) is 1.99. The molecule has 0 spiro atoms. The molecular formula is C10H18O2. The van der Waals surface area contributed by atoms with E-state index in [0.717, 1.165) is 12.0 Å². The van der Waals surface area contributed by atoms with E-state index in [1.807, 2.05) is 13.8 Å². The first-order chi connectivity index (χ1) is 5.56. The number of ketones is 1. The minimum Gasteiger partial charge on any atom is -0.382 e. The second-order valence-corrected chi connectivity index (χ2v) is 3.26. The summed E-state index contributed by atoms with van der Waals surface area (Å²) in [6.45, 7) is 7.53. The van der Waals surface area contributed by atoms with Crippen LogP contribution in [0.15, 0.2) is 12.2 Å². The number of hydrogen-bond acceptors (Lipinski definition) is 2. The lowest BCUT2D eigenvalue weighted by atomic mass is 10.1. The first-order valence-electron chi connectivity index (χ1n) is 4.25. The number of carbonyl (C=O) groups is 1. The van der Waals surface area contributed by atoms with Crippen molar-refractivity contribution in [1.29, 1.82) is 0 Å². The molecule has 0 fully saturated rings. The van der Waals surface area contributed by atoms with E-state index in [1.165, 1.54) is 0 Å². The number of carbonyl (C=O) groups excluding carboxylic acids is 1. The number of ether oxygens (including phenoxy) is 1. The van der Waals surface area contributed by atoms with Crippen molar-refractivity contribution in [3.63, 3.8) is 0 Å². The number of allylic oxidation sites excluding steroid dienone is 1. The third-order valence-corrected chi connectivity index (χ3v) is 1.73. The van der Waals surface area contributed by atoms with E-state index in [1.54, 1.807) is 7.11 Å². The van der Waals surface area contributed by atoms with Crippen LogP contribution in [-0.2, 0) is 9.53 Å². The summed E-state index contributed by atoms with van der Waals surface area (Å²) in [5.41, 5.74) is 0.935. The van der Waals surface area contributed by atoms with Crippen molar-refractivity contribution in [3.8, 4) is 0 Å². The van der Waals surface area contributed by atoms with Crippen LogP contribution in [0.4, 0.5) is 0 Å². The largest absolute Gasteiger partial charge is 0.382 e. The molecule has 2 nitrogen and oxygen atoms in total. The van der Waals surface area contributed by atoms with Crippen LogP contribution < -0.4 is 0 Å². The van der Waals surface area contributed by atoms with Crippen LogP contribution in [0.3, 0.4) is 0 Å². The maximum atomic E-state index is 11.2. The Bertz CT molecular complexity index is 161. The third kappa shape index (κ3) is 6.10. The van der Waals surface area contributed by atoms with Crippen LogP contribution in [0, 0.1) is 0 Å². The van der Waals surface area contributed by atoms with Gasteiger partial charge < -0.3 is 4.74 Å². The van der Waals surface area contributed by atoms with Gasteiger partial charge in [-0.2, -0.15) is 0 Å². The van der Waals surface area contributed by atoms with Crippen LogP contribution in [0.1, 0.15) is 33.1 Å². The lowest BCUT2D eigenvalue weighted by Gasteiger charge is -2.07. The van der Waals surface area contributed by atoms with Crippen molar-refractivity contribution in [2.75, 3.05) is 7.11 Å². The van der Waals surface area contributed by atoms with Crippen molar-refractivity contribution in [2.45, 2.75) is 39.2 Å². The molecule has 70 valence electrons. The van der Waals surface area contributed by atoms with E-state index in [4.69, 9.17) is 4.74 Å². The summed E-state index contributed by atoms with van der Waals surface area (Å²) in [6, 6.07) is 0. The Balaban J connectivity index is 3.50. The van der Waals surface area contributed by atoms with Gasteiger partial charge in [0.1, 0.15) is 5.78 Å². The Labute approximate surface area is 74.6 Å². The van der Waals surface area contributed by atoms with Gasteiger partial charge in [0.15, 0.2) is 0 Å². The van der Waals surface area contributed by atoms with Gasteiger partial charge in [-0.1, -0.05) is 12.2 Å². The lowest BCUT2D eigenvalue weighted by Crippen LogP contribution is -2.08. The molecule has 2 heteroatoms. The number of methoxy groups -OCH3 is 1. The highest BCUT2D eigenvalue weighted by Gasteiger charge is 2.05. The zero-order valence-electron chi connectivity index (χ0n) is 8.22. The minimum atomic E-state index is 0.180. The molecule has 0 aromatic rings. The summed E-state index contributed by atoms with van der Waals surface area (Å²) in [7, 11) is 1.66.